The molecule has 1 aliphatic carbocycles. The Kier molecular flexibility index (Phi) is 6.25. The fourth-order valence-electron chi connectivity index (χ4n) is 4.58. The number of aryl methyl sites for hydroxylation is 4. The molecule has 0 aromatic heterocycles. The lowest BCUT2D eigenvalue weighted by atomic mass is 9.85. The van der Waals surface area contributed by atoms with Crippen LogP contribution in [0.25, 0.3) is 5.57 Å². The van der Waals surface area contributed by atoms with Crippen LogP contribution < -0.4 is 14.2 Å². The first-order valence-electron chi connectivity index (χ1n) is 12.3. The second-order valence-corrected chi connectivity index (χ2v) is 9.59. The lowest BCUT2D eigenvalue weighted by Crippen LogP contribution is -2.13. The molecule has 0 saturated heterocycles. The van der Waals surface area contributed by atoms with E-state index in [1.165, 1.54) is 16.7 Å². The first-order chi connectivity index (χ1) is 16.9. The van der Waals surface area contributed by atoms with Crippen molar-refractivity contribution in [2.45, 2.75) is 34.6 Å². The summed E-state index contributed by atoms with van der Waals surface area (Å²) in [5, 5.41) is 0. The predicted octanol–water partition coefficient (Wildman–Crippen LogP) is 7.66. The molecule has 0 radical (unpaired) electrons. The highest BCUT2D eigenvalue weighted by Crippen LogP contribution is 2.44. The molecule has 0 bridgehead atoms. The molecular weight excluding hydrogens is 432 g/mol. The quantitative estimate of drug-likeness (QED) is 0.351. The maximum atomic E-state index is 6.34. The topological polar surface area (TPSA) is 27.7 Å². The molecule has 1 unspecified atom stereocenters. The zero-order valence-electron chi connectivity index (χ0n) is 21.1. The molecule has 3 heteroatoms. The molecular formula is C32H32O3. The van der Waals surface area contributed by atoms with Crippen LogP contribution >= 0.6 is 0 Å². The van der Waals surface area contributed by atoms with E-state index in [2.05, 4.69) is 107 Å². The number of rotatable bonds is 6. The average molecular weight is 465 g/mol. The number of allylic oxidation sites excluding steroid dienone is 3. The largest absolute Gasteiger partial charge is 0.490 e. The summed E-state index contributed by atoms with van der Waals surface area (Å²) in [6.07, 6.45) is 6.60. The van der Waals surface area contributed by atoms with E-state index in [0.29, 0.717) is 19.1 Å². The van der Waals surface area contributed by atoms with Gasteiger partial charge in [-0.2, -0.15) is 0 Å². The SMILES string of the molecule is Cc1ccc(C)c(OCCOc2cc(C3=C4C=CC(C)C=C4Oc4cc(C)ccc43)ccc2C)c1. The van der Waals surface area contributed by atoms with Crippen LogP contribution in [0.4, 0.5) is 0 Å². The molecule has 3 nitrogen and oxygen atoms in total. The van der Waals surface area contributed by atoms with Crippen LogP contribution in [0.2, 0.25) is 0 Å². The van der Waals surface area contributed by atoms with E-state index in [0.717, 1.165) is 50.8 Å². The zero-order valence-corrected chi connectivity index (χ0v) is 21.1. The summed E-state index contributed by atoms with van der Waals surface area (Å²) in [5.74, 6) is 3.97. The first-order valence-corrected chi connectivity index (χ1v) is 12.3. The van der Waals surface area contributed by atoms with Gasteiger partial charge in [0.2, 0.25) is 0 Å². The van der Waals surface area contributed by atoms with E-state index in [1.54, 1.807) is 0 Å². The Balaban J connectivity index is 1.43. The van der Waals surface area contributed by atoms with Gasteiger partial charge in [0, 0.05) is 16.7 Å². The van der Waals surface area contributed by atoms with Crippen LogP contribution in [0.15, 0.2) is 84.2 Å². The maximum Gasteiger partial charge on any atom is 0.135 e. The lowest BCUT2D eigenvalue weighted by molar-refractivity contribution is 0.215. The van der Waals surface area contributed by atoms with Crippen LogP contribution in [-0.4, -0.2) is 13.2 Å². The van der Waals surface area contributed by atoms with Gasteiger partial charge in [0.15, 0.2) is 0 Å². The van der Waals surface area contributed by atoms with Crippen LogP contribution in [0.1, 0.15) is 40.3 Å². The van der Waals surface area contributed by atoms with Crippen molar-refractivity contribution in [2.24, 2.45) is 5.92 Å². The Labute approximate surface area is 208 Å². The first kappa shape index (κ1) is 23.0. The fraction of sp³-hybridized carbons (Fsp3) is 0.250. The highest BCUT2D eigenvalue weighted by Gasteiger charge is 2.26. The van der Waals surface area contributed by atoms with Crippen LogP contribution in [0, 0.1) is 33.6 Å². The van der Waals surface area contributed by atoms with Gasteiger partial charge in [-0.25, -0.2) is 0 Å². The second-order valence-electron chi connectivity index (χ2n) is 9.59. The van der Waals surface area contributed by atoms with E-state index in [1.807, 2.05) is 0 Å². The molecule has 0 saturated carbocycles. The van der Waals surface area contributed by atoms with Gasteiger partial charge in [-0.05, 0) is 85.7 Å². The third-order valence-corrected chi connectivity index (χ3v) is 6.56. The minimum Gasteiger partial charge on any atom is -0.490 e. The molecule has 2 aliphatic rings. The molecule has 5 rings (SSSR count). The third-order valence-electron chi connectivity index (χ3n) is 6.56. The molecule has 3 aromatic rings. The standard InChI is InChI=1S/C32H32O3/c1-20-6-9-23(4)28(16-20)33-14-15-34-29-19-25(11-10-24(29)5)32-26-12-7-21(2)17-30(26)35-31-18-22(3)8-13-27(31)32/h6-13,16-19,21H,14-15H2,1-5H3. The Morgan fingerprint density at radius 2 is 1.43 bits per heavy atom. The summed E-state index contributed by atoms with van der Waals surface area (Å²) >= 11 is 0. The minimum atomic E-state index is 0.343. The van der Waals surface area contributed by atoms with Gasteiger partial charge in [-0.3, -0.25) is 0 Å². The summed E-state index contributed by atoms with van der Waals surface area (Å²) in [6.45, 7) is 11.5. The summed E-state index contributed by atoms with van der Waals surface area (Å²) in [4.78, 5) is 0. The zero-order chi connectivity index (χ0) is 24.5. The molecule has 3 aromatic carbocycles. The number of fused-ring (bicyclic) bond motifs is 2. The number of hydrogen-bond donors (Lipinski definition) is 0. The van der Waals surface area contributed by atoms with Crippen molar-refractivity contribution < 1.29 is 14.2 Å². The molecule has 0 spiro atoms. The van der Waals surface area contributed by atoms with Crippen LogP contribution in [0.3, 0.4) is 0 Å². The van der Waals surface area contributed by atoms with Crippen molar-refractivity contribution in [3.8, 4) is 17.2 Å². The van der Waals surface area contributed by atoms with E-state index < -0.39 is 0 Å². The third kappa shape index (κ3) is 4.77. The van der Waals surface area contributed by atoms with Crippen molar-refractivity contribution in [1.82, 2.24) is 0 Å². The number of hydrogen-bond acceptors (Lipinski definition) is 3. The van der Waals surface area contributed by atoms with Crippen LogP contribution in [0.5, 0.6) is 17.2 Å². The minimum absolute atomic E-state index is 0.343. The number of ether oxygens (including phenoxy) is 3. The van der Waals surface area contributed by atoms with Crippen molar-refractivity contribution in [3.63, 3.8) is 0 Å². The Bertz CT molecular complexity index is 1370. The Hall–Kier alpha value is -3.72. The molecule has 1 aliphatic heterocycles. The van der Waals surface area contributed by atoms with Gasteiger partial charge in [0.1, 0.15) is 36.2 Å². The maximum absolute atomic E-state index is 6.34. The second kappa shape index (κ2) is 9.50. The summed E-state index contributed by atoms with van der Waals surface area (Å²) in [7, 11) is 0. The molecule has 1 heterocycles. The summed E-state index contributed by atoms with van der Waals surface area (Å²) in [6, 6.07) is 19.1. The van der Waals surface area contributed by atoms with E-state index >= 15 is 0 Å². The molecule has 1 atom stereocenters. The van der Waals surface area contributed by atoms with Gasteiger partial charge < -0.3 is 14.2 Å². The molecule has 178 valence electrons. The smallest absolute Gasteiger partial charge is 0.135 e. The van der Waals surface area contributed by atoms with Gasteiger partial charge in [0.05, 0.1) is 0 Å². The van der Waals surface area contributed by atoms with Crippen molar-refractivity contribution in [2.75, 3.05) is 13.2 Å². The Morgan fingerprint density at radius 1 is 0.771 bits per heavy atom. The summed E-state index contributed by atoms with van der Waals surface area (Å²) in [5.41, 5.74) is 9.13. The van der Waals surface area contributed by atoms with Gasteiger partial charge in [-0.1, -0.05) is 55.5 Å². The molecule has 0 N–H and O–H groups in total. The fourth-order valence-corrected chi connectivity index (χ4v) is 4.58. The van der Waals surface area contributed by atoms with Gasteiger partial charge >= 0.3 is 0 Å². The van der Waals surface area contributed by atoms with E-state index in [-0.39, 0.29) is 0 Å². The van der Waals surface area contributed by atoms with Crippen molar-refractivity contribution in [3.05, 3.63) is 118 Å². The van der Waals surface area contributed by atoms with Crippen LogP contribution in [-0.2, 0) is 0 Å². The highest BCUT2D eigenvalue weighted by atomic mass is 16.5. The van der Waals surface area contributed by atoms with E-state index in [4.69, 9.17) is 14.2 Å². The molecule has 0 fully saturated rings. The van der Waals surface area contributed by atoms with Crippen molar-refractivity contribution >= 4 is 5.57 Å². The molecule has 35 heavy (non-hydrogen) atoms. The van der Waals surface area contributed by atoms with E-state index in [9.17, 15) is 0 Å². The summed E-state index contributed by atoms with van der Waals surface area (Å²) < 4.78 is 18.5. The van der Waals surface area contributed by atoms with Gasteiger partial charge in [0.25, 0.3) is 0 Å². The lowest BCUT2D eigenvalue weighted by Gasteiger charge is -2.28. The average Bonchev–Trinajstić information content (AvgIpc) is 2.83. The van der Waals surface area contributed by atoms with Gasteiger partial charge in [-0.15, -0.1) is 0 Å². The predicted molar refractivity (Wildman–Crippen MR) is 142 cm³/mol. The van der Waals surface area contributed by atoms with Crippen molar-refractivity contribution in [1.29, 1.82) is 0 Å². The monoisotopic (exact) mass is 464 g/mol. The molecule has 0 amide bonds. The normalized spacial score (nSPS) is 16.3. The Morgan fingerprint density at radius 3 is 2.20 bits per heavy atom. The number of benzene rings is 3. The highest BCUT2D eigenvalue weighted by molar-refractivity contribution is 5.91.